The minimum absolute atomic E-state index is 0.0136. The fourth-order valence-electron chi connectivity index (χ4n) is 14.7. The zero-order chi connectivity index (χ0) is 36.5. The SMILES string of the molecule is C=C(C)[C@@H]1CC[C@]2(NC(=O)CN3C[C@@H]4C[C@H]3CS4(=O)=O)CC[C@]3(C)[C@H](CC[C@@H]4[C@@]5(C)CC=C(c6ccc(C(=O)O)cc6)C(C)(C)[C@@H]5CC[C@]43C)[C@@H]12. The molecule has 2 saturated heterocycles. The predicted molar refractivity (Wildman–Crippen MR) is 202 cm³/mol. The number of rotatable bonds is 6. The number of nitrogens with one attached hydrogen (secondary N) is 1. The number of hydrogen-bond acceptors (Lipinski definition) is 5. The molecule has 4 saturated carbocycles. The number of amides is 1. The van der Waals surface area contributed by atoms with E-state index < -0.39 is 15.8 Å². The quantitative estimate of drug-likeness (QED) is 0.292. The number of benzene rings is 1. The summed E-state index contributed by atoms with van der Waals surface area (Å²) in [5.74, 6) is 1.82. The molecule has 51 heavy (non-hydrogen) atoms. The van der Waals surface area contributed by atoms with Crippen LogP contribution in [-0.4, -0.2) is 66.0 Å². The fourth-order valence-corrected chi connectivity index (χ4v) is 16.8. The van der Waals surface area contributed by atoms with Crippen molar-refractivity contribution in [2.24, 2.45) is 51.2 Å². The number of hydrogen-bond donors (Lipinski definition) is 2. The van der Waals surface area contributed by atoms with Crippen LogP contribution < -0.4 is 5.32 Å². The summed E-state index contributed by atoms with van der Waals surface area (Å²) in [7, 11) is -2.99. The maximum absolute atomic E-state index is 13.9. The van der Waals surface area contributed by atoms with Crippen molar-refractivity contribution in [1.29, 1.82) is 0 Å². The molecule has 0 aromatic heterocycles. The van der Waals surface area contributed by atoms with Gasteiger partial charge in [0.05, 0.1) is 23.1 Å². The van der Waals surface area contributed by atoms with Gasteiger partial charge in [-0.25, -0.2) is 13.2 Å². The number of sulfone groups is 1. The molecule has 0 unspecified atom stereocenters. The van der Waals surface area contributed by atoms with Gasteiger partial charge in [-0.15, -0.1) is 0 Å². The number of fused-ring (bicyclic) bond motifs is 9. The first-order valence-corrected chi connectivity index (χ1v) is 21.5. The van der Waals surface area contributed by atoms with Gasteiger partial charge in [-0.3, -0.25) is 9.69 Å². The molecule has 2 heterocycles. The molecular formula is C43H60N2O5S. The number of aromatic carboxylic acids is 1. The van der Waals surface area contributed by atoms with Crippen molar-refractivity contribution in [1.82, 2.24) is 10.2 Å². The number of nitrogens with zero attached hydrogens (tertiary/aromatic N) is 1. The molecule has 0 spiro atoms. The second kappa shape index (κ2) is 11.5. The Labute approximate surface area is 306 Å². The fraction of sp³-hybridized carbons (Fsp3) is 0.721. The average molecular weight is 717 g/mol. The zero-order valence-electron chi connectivity index (χ0n) is 31.8. The molecule has 2 N–H and O–H groups in total. The number of carbonyl (C=O) groups excluding carboxylic acids is 1. The summed E-state index contributed by atoms with van der Waals surface area (Å²) in [4.78, 5) is 27.6. The smallest absolute Gasteiger partial charge is 0.335 e. The number of allylic oxidation sites excluding steroid dienone is 3. The topological polar surface area (TPSA) is 104 Å². The second-order valence-corrected chi connectivity index (χ2v) is 21.9. The van der Waals surface area contributed by atoms with Gasteiger partial charge in [0.1, 0.15) is 0 Å². The first-order valence-electron chi connectivity index (χ1n) is 19.8. The highest BCUT2D eigenvalue weighted by Crippen LogP contribution is 2.76. The summed E-state index contributed by atoms with van der Waals surface area (Å²) in [5, 5.41) is 12.9. The minimum Gasteiger partial charge on any atom is -0.478 e. The monoisotopic (exact) mass is 716 g/mol. The van der Waals surface area contributed by atoms with Crippen LogP contribution in [0.5, 0.6) is 0 Å². The molecular weight excluding hydrogens is 657 g/mol. The lowest BCUT2D eigenvalue weighted by atomic mass is 9.33. The van der Waals surface area contributed by atoms with E-state index in [1.165, 1.54) is 36.8 Å². The van der Waals surface area contributed by atoms with Crippen LogP contribution in [0.3, 0.4) is 0 Å². The normalized spacial score (nSPS) is 44.7. The Morgan fingerprint density at radius 3 is 2.29 bits per heavy atom. The predicted octanol–water partition coefficient (Wildman–Crippen LogP) is 7.78. The van der Waals surface area contributed by atoms with Gasteiger partial charge in [-0.05, 0) is 146 Å². The third-order valence-corrected chi connectivity index (χ3v) is 19.5. The highest BCUT2D eigenvalue weighted by Gasteiger charge is 2.70. The first-order chi connectivity index (χ1) is 23.9. The average Bonchev–Trinajstić information content (AvgIpc) is 3.71. The van der Waals surface area contributed by atoms with Gasteiger partial charge in [0.25, 0.3) is 0 Å². The largest absolute Gasteiger partial charge is 0.478 e. The highest BCUT2D eigenvalue weighted by molar-refractivity contribution is 7.92. The maximum atomic E-state index is 13.9. The summed E-state index contributed by atoms with van der Waals surface area (Å²) in [6, 6.07) is 7.49. The molecule has 0 radical (unpaired) electrons. The summed E-state index contributed by atoms with van der Waals surface area (Å²) < 4.78 is 24.8. The number of carboxylic acids is 1. The molecule has 8 rings (SSSR count). The summed E-state index contributed by atoms with van der Waals surface area (Å²) in [6.07, 6.45) is 13.2. The molecule has 6 fully saturated rings. The number of carboxylic acid groups (broad SMARTS) is 1. The molecule has 2 bridgehead atoms. The molecule has 2 aliphatic heterocycles. The second-order valence-electron chi connectivity index (χ2n) is 19.6. The van der Waals surface area contributed by atoms with Crippen LogP contribution in [0.4, 0.5) is 0 Å². The Morgan fingerprint density at radius 1 is 0.941 bits per heavy atom. The summed E-state index contributed by atoms with van der Waals surface area (Å²) in [5.41, 5.74) is 4.36. The van der Waals surface area contributed by atoms with E-state index in [2.05, 4.69) is 64.4 Å². The van der Waals surface area contributed by atoms with E-state index in [4.69, 9.17) is 0 Å². The third-order valence-electron chi connectivity index (χ3n) is 17.2. The van der Waals surface area contributed by atoms with Crippen molar-refractivity contribution in [2.75, 3.05) is 18.8 Å². The van der Waals surface area contributed by atoms with Crippen molar-refractivity contribution in [3.05, 3.63) is 53.6 Å². The van der Waals surface area contributed by atoms with Crippen molar-refractivity contribution in [2.45, 2.75) is 123 Å². The standard InChI is InChI=1S/C43H60N2O5S/c1-26(2)31-14-19-43(44-36(46)24-45-23-30-22-29(45)25-51(30,49)50)21-20-41(6)33(37(31)43)12-13-35-40(5)17-15-32(27-8-10-28(11-9-27)38(47)48)39(3,4)34(40)16-18-42(35,41)7/h8-11,15,29-31,33-35,37H,1,12-14,16-25H2,2-7H3,(H,44,46)(H,47,48)/t29-,30-,31-,33+,34-,35+,37+,40-,41+,42+,43-/m0/s1. The van der Waals surface area contributed by atoms with Crippen LogP contribution in [0, 0.1) is 51.2 Å². The van der Waals surface area contributed by atoms with Crippen LogP contribution in [0.2, 0.25) is 0 Å². The van der Waals surface area contributed by atoms with Crippen LogP contribution >= 0.6 is 0 Å². The van der Waals surface area contributed by atoms with Gasteiger partial charge in [-0.2, -0.15) is 0 Å². The summed E-state index contributed by atoms with van der Waals surface area (Å²) >= 11 is 0. The van der Waals surface area contributed by atoms with E-state index in [1.54, 1.807) is 12.1 Å². The molecule has 1 aromatic rings. The Balaban J connectivity index is 1.07. The highest BCUT2D eigenvalue weighted by atomic mass is 32.2. The Bertz CT molecular complexity index is 1800. The van der Waals surface area contributed by atoms with Gasteiger partial charge in [-0.1, -0.05) is 65.0 Å². The van der Waals surface area contributed by atoms with E-state index in [9.17, 15) is 23.1 Å². The van der Waals surface area contributed by atoms with E-state index in [1.807, 2.05) is 12.1 Å². The van der Waals surface area contributed by atoms with Gasteiger partial charge in [0.2, 0.25) is 5.91 Å². The van der Waals surface area contributed by atoms with Gasteiger partial charge in [0.15, 0.2) is 9.84 Å². The van der Waals surface area contributed by atoms with Crippen LogP contribution in [-0.2, 0) is 14.6 Å². The lowest BCUT2D eigenvalue weighted by Crippen LogP contribution is -2.68. The summed E-state index contributed by atoms with van der Waals surface area (Å²) in [6.45, 7) is 20.3. The Hall–Kier alpha value is -2.45. The number of carbonyl (C=O) groups is 2. The van der Waals surface area contributed by atoms with E-state index >= 15 is 0 Å². The van der Waals surface area contributed by atoms with E-state index in [0.29, 0.717) is 54.7 Å². The van der Waals surface area contributed by atoms with E-state index in [-0.39, 0.29) is 50.2 Å². The maximum Gasteiger partial charge on any atom is 0.335 e. The van der Waals surface area contributed by atoms with Crippen LogP contribution in [0.25, 0.3) is 5.57 Å². The molecule has 7 aliphatic rings. The lowest BCUT2D eigenvalue weighted by molar-refractivity contribution is -0.219. The molecule has 1 amide bonds. The number of likely N-dealkylation sites (tertiary alicyclic amines) is 1. The molecule has 7 nitrogen and oxygen atoms in total. The van der Waals surface area contributed by atoms with Crippen molar-refractivity contribution < 1.29 is 23.1 Å². The molecule has 8 heteroatoms. The van der Waals surface area contributed by atoms with E-state index in [0.717, 1.165) is 37.7 Å². The molecule has 278 valence electrons. The minimum atomic E-state index is -2.99. The van der Waals surface area contributed by atoms with Gasteiger partial charge < -0.3 is 10.4 Å². The van der Waals surface area contributed by atoms with Gasteiger partial charge in [0, 0.05) is 18.1 Å². The zero-order valence-corrected chi connectivity index (χ0v) is 32.6. The first kappa shape index (κ1) is 35.6. The Morgan fingerprint density at radius 2 is 1.67 bits per heavy atom. The van der Waals surface area contributed by atoms with Crippen molar-refractivity contribution >= 4 is 27.3 Å². The van der Waals surface area contributed by atoms with Crippen LogP contribution in [0.15, 0.2) is 42.5 Å². The van der Waals surface area contributed by atoms with Crippen molar-refractivity contribution in [3.8, 4) is 0 Å². The lowest BCUT2D eigenvalue weighted by Gasteiger charge is -2.72. The third kappa shape index (κ3) is 4.99. The molecule has 5 aliphatic carbocycles. The van der Waals surface area contributed by atoms with Gasteiger partial charge >= 0.3 is 5.97 Å². The molecule has 11 atom stereocenters. The van der Waals surface area contributed by atoms with Crippen LogP contribution in [0.1, 0.15) is 122 Å². The Kier molecular flexibility index (Phi) is 8.04. The van der Waals surface area contributed by atoms with Crippen molar-refractivity contribution in [3.63, 3.8) is 0 Å². The molecule has 1 aromatic carbocycles.